The van der Waals surface area contributed by atoms with Gasteiger partial charge < -0.3 is 15.4 Å². The van der Waals surface area contributed by atoms with Gasteiger partial charge in [-0.1, -0.05) is 35.3 Å². The lowest BCUT2D eigenvalue weighted by Gasteiger charge is -2.10. The van der Waals surface area contributed by atoms with Gasteiger partial charge in [0, 0.05) is 0 Å². The van der Waals surface area contributed by atoms with Crippen molar-refractivity contribution in [1.82, 2.24) is 5.32 Å². The second-order valence-electron chi connectivity index (χ2n) is 4.28. The molecule has 7 heteroatoms. The molecule has 0 saturated carbocycles. The molecule has 116 valence electrons. The average molecular weight is 343 g/mol. The van der Waals surface area contributed by atoms with E-state index in [2.05, 4.69) is 10.6 Å². The van der Waals surface area contributed by atoms with E-state index in [-0.39, 0.29) is 18.2 Å². The number of carbonyl (C=O) groups is 1. The molecule has 4 nitrogen and oxygen atoms in total. The first-order valence-electron chi connectivity index (χ1n) is 6.43. The number of halogens is 3. The number of nitrogens with one attached hydrogen (secondary N) is 2. The number of carbonyl (C=O) groups excluding carboxylic acids is 1. The average Bonchev–Trinajstić information content (AvgIpc) is 2.48. The first-order chi connectivity index (χ1) is 10.6. The summed E-state index contributed by atoms with van der Waals surface area (Å²) >= 11 is 11.7. The lowest BCUT2D eigenvalue weighted by molar-refractivity contribution is 0.247. The molecule has 0 saturated heterocycles. The number of para-hydroxylation sites is 1. The lowest BCUT2D eigenvalue weighted by Crippen LogP contribution is -2.32. The largest absolute Gasteiger partial charge is 0.490 e. The van der Waals surface area contributed by atoms with E-state index in [1.54, 1.807) is 24.3 Å². The van der Waals surface area contributed by atoms with E-state index in [1.807, 2.05) is 0 Å². The van der Waals surface area contributed by atoms with Gasteiger partial charge in [-0.25, -0.2) is 9.18 Å². The normalized spacial score (nSPS) is 10.1. The van der Waals surface area contributed by atoms with Crippen LogP contribution in [-0.2, 0) is 0 Å². The molecule has 22 heavy (non-hydrogen) atoms. The maximum Gasteiger partial charge on any atom is 0.319 e. The minimum Gasteiger partial charge on any atom is -0.490 e. The van der Waals surface area contributed by atoms with E-state index in [1.165, 1.54) is 12.1 Å². The summed E-state index contributed by atoms with van der Waals surface area (Å²) in [6.07, 6.45) is 0. The van der Waals surface area contributed by atoms with Crippen molar-refractivity contribution in [3.63, 3.8) is 0 Å². The molecule has 2 aromatic carbocycles. The molecule has 2 N–H and O–H groups in total. The summed E-state index contributed by atoms with van der Waals surface area (Å²) in [6.45, 7) is 0.450. The van der Waals surface area contributed by atoms with Crippen LogP contribution in [0.5, 0.6) is 5.75 Å². The van der Waals surface area contributed by atoms with E-state index in [9.17, 15) is 9.18 Å². The van der Waals surface area contributed by atoms with Gasteiger partial charge in [0.2, 0.25) is 0 Å². The van der Waals surface area contributed by atoms with Crippen molar-refractivity contribution in [3.8, 4) is 5.75 Å². The monoisotopic (exact) mass is 342 g/mol. The predicted molar refractivity (Wildman–Crippen MR) is 85.4 cm³/mol. The number of hydrogen-bond donors (Lipinski definition) is 2. The second-order valence-corrected chi connectivity index (χ2v) is 5.10. The standard InChI is InChI=1S/C15H13Cl2FN2O2/c16-11-3-1-2-4-13(11)20-15(21)19-7-8-22-14-6-5-10(18)9-12(14)17/h1-6,9H,7-8H2,(H2,19,20,21). The molecule has 0 aliphatic carbocycles. The zero-order chi connectivity index (χ0) is 15.9. The summed E-state index contributed by atoms with van der Waals surface area (Å²) in [5.74, 6) is -0.0778. The van der Waals surface area contributed by atoms with Crippen LogP contribution in [0.4, 0.5) is 14.9 Å². The zero-order valence-corrected chi connectivity index (χ0v) is 12.9. The zero-order valence-electron chi connectivity index (χ0n) is 11.4. The highest BCUT2D eigenvalue weighted by Gasteiger charge is 2.05. The van der Waals surface area contributed by atoms with E-state index in [0.29, 0.717) is 16.5 Å². The Labute approximate surface area is 137 Å². The van der Waals surface area contributed by atoms with Crippen molar-refractivity contribution in [3.05, 3.63) is 58.3 Å². The Morgan fingerprint density at radius 1 is 1.14 bits per heavy atom. The van der Waals surface area contributed by atoms with Crippen molar-refractivity contribution in [2.45, 2.75) is 0 Å². The van der Waals surface area contributed by atoms with Crippen LogP contribution in [0.3, 0.4) is 0 Å². The lowest BCUT2D eigenvalue weighted by atomic mass is 10.3. The maximum atomic E-state index is 12.9. The van der Waals surface area contributed by atoms with Crippen LogP contribution in [0.25, 0.3) is 0 Å². The molecule has 0 spiro atoms. The Morgan fingerprint density at radius 2 is 1.91 bits per heavy atom. The molecular formula is C15H13Cl2FN2O2. The van der Waals surface area contributed by atoms with Crippen LogP contribution in [0.2, 0.25) is 10.0 Å². The van der Waals surface area contributed by atoms with Gasteiger partial charge in [0.1, 0.15) is 18.2 Å². The highest BCUT2D eigenvalue weighted by molar-refractivity contribution is 6.33. The third-order valence-electron chi connectivity index (χ3n) is 2.66. The molecule has 0 aliphatic heterocycles. The van der Waals surface area contributed by atoms with Crippen LogP contribution < -0.4 is 15.4 Å². The highest BCUT2D eigenvalue weighted by atomic mass is 35.5. The van der Waals surface area contributed by atoms with Gasteiger partial charge in [-0.05, 0) is 30.3 Å². The Balaban J connectivity index is 1.74. The number of ether oxygens (including phenoxy) is 1. The van der Waals surface area contributed by atoms with Crippen molar-refractivity contribution in [2.75, 3.05) is 18.5 Å². The third-order valence-corrected chi connectivity index (χ3v) is 3.29. The fourth-order valence-electron chi connectivity index (χ4n) is 1.65. The molecular weight excluding hydrogens is 330 g/mol. The molecule has 0 fully saturated rings. The summed E-state index contributed by atoms with van der Waals surface area (Å²) in [5, 5.41) is 5.86. The molecule has 2 aromatic rings. The van der Waals surface area contributed by atoms with Gasteiger partial charge in [0.15, 0.2) is 0 Å². The second kappa shape index (κ2) is 7.87. The molecule has 0 aromatic heterocycles. The quantitative estimate of drug-likeness (QED) is 0.794. The Kier molecular flexibility index (Phi) is 5.86. The van der Waals surface area contributed by atoms with E-state index in [0.717, 1.165) is 6.07 Å². The molecule has 0 unspecified atom stereocenters. The van der Waals surface area contributed by atoms with Gasteiger partial charge in [0.25, 0.3) is 0 Å². The fraction of sp³-hybridized carbons (Fsp3) is 0.133. The summed E-state index contributed by atoms with van der Waals surface area (Å²) in [4.78, 5) is 11.7. The van der Waals surface area contributed by atoms with Crippen LogP contribution in [0, 0.1) is 5.82 Å². The number of hydrogen-bond acceptors (Lipinski definition) is 2. The SMILES string of the molecule is O=C(NCCOc1ccc(F)cc1Cl)Nc1ccccc1Cl. The Bertz CT molecular complexity index is 668. The number of rotatable bonds is 5. The van der Waals surface area contributed by atoms with Gasteiger partial charge in [0.05, 0.1) is 22.3 Å². The Morgan fingerprint density at radius 3 is 2.64 bits per heavy atom. The number of amides is 2. The van der Waals surface area contributed by atoms with Crippen molar-refractivity contribution < 1.29 is 13.9 Å². The molecule has 0 aliphatic rings. The van der Waals surface area contributed by atoms with Crippen LogP contribution in [0.15, 0.2) is 42.5 Å². The van der Waals surface area contributed by atoms with E-state index >= 15 is 0 Å². The first kappa shape index (κ1) is 16.4. The van der Waals surface area contributed by atoms with Crippen molar-refractivity contribution >= 4 is 34.9 Å². The molecule has 0 heterocycles. The van der Waals surface area contributed by atoms with Gasteiger partial charge in [-0.2, -0.15) is 0 Å². The minimum absolute atomic E-state index is 0.181. The van der Waals surface area contributed by atoms with E-state index < -0.39 is 11.8 Å². The summed E-state index contributed by atoms with van der Waals surface area (Å²) in [6, 6.07) is 10.3. The molecule has 0 atom stereocenters. The van der Waals surface area contributed by atoms with E-state index in [4.69, 9.17) is 27.9 Å². The van der Waals surface area contributed by atoms with Gasteiger partial charge >= 0.3 is 6.03 Å². The van der Waals surface area contributed by atoms with Crippen molar-refractivity contribution in [1.29, 1.82) is 0 Å². The molecule has 0 bridgehead atoms. The number of benzene rings is 2. The van der Waals surface area contributed by atoms with Gasteiger partial charge in [-0.3, -0.25) is 0 Å². The smallest absolute Gasteiger partial charge is 0.319 e. The van der Waals surface area contributed by atoms with Crippen molar-refractivity contribution in [2.24, 2.45) is 0 Å². The molecule has 2 rings (SSSR count). The van der Waals surface area contributed by atoms with Crippen LogP contribution in [-0.4, -0.2) is 19.2 Å². The Hall–Kier alpha value is -1.98. The predicted octanol–water partition coefficient (Wildman–Crippen LogP) is 4.33. The number of urea groups is 1. The minimum atomic E-state index is -0.436. The topological polar surface area (TPSA) is 50.4 Å². The highest BCUT2D eigenvalue weighted by Crippen LogP contribution is 2.24. The third kappa shape index (κ3) is 4.79. The molecule has 0 radical (unpaired) electrons. The summed E-state index contributed by atoms with van der Waals surface area (Å²) in [7, 11) is 0. The fourth-order valence-corrected chi connectivity index (χ4v) is 2.05. The first-order valence-corrected chi connectivity index (χ1v) is 7.19. The van der Waals surface area contributed by atoms with Crippen LogP contribution in [0.1, 0.15) is 0 Å². The van der Waals surface area contributed by atoms with Gasteiger partial charge in [-0.15, -0.1) is 0 Å². The summed E-state index contributed by atoms with van der Waals surface area (Å²) < 4.78 is 18.2. The molecule has 2 amide bonds. The van der Waals surface area contributed by atoms with Crippen LogP contribution >= 0.6 is 23.2 Å². The number of anilines is 1. The summed E-state index contributed by atoms with van der Waals surface area (Å²) in [5.41, 5.74) is 0.518. The maximum absolute atomic E-state index is 12.9.